The topological polar surface area (TPSA) is 174 Å². The molecule has 0 spiro atoms. The number of imidazole rings is 1. The van der Waals surface area contributed by atoms with Gasteiger partial charge in [0.25, 0.3) is 5.56 Å². The van der Waals surface area contributed by atoms with Gasteiger partial charge < -0.3 is 14.1 Å². The average molecular weight is 403 g/mol. The number of hydrogen-bond acceptors (Lipinski definition) is 9. The highest BCUT2D eigenvalue weighted by Crippen LogP contribution is 2.17. The van der Waals surface area contributed by atoms with E-state index < -0.39 is 22.3 Å². The smallest absolute Gasteiger partial charge is 0.401 e. The van der Waals surface area contributed by atoms with Gasteiger partial charge in [0.2, 0.25) is 5.95 Å². The van der Waals surface area contributed by atoms with Crippen molar-refractivity contribution in [2.24, 2.45) is 12.1 Å². The molecule has 0 aliphatic rings. The zero-order valence-corrected chi connectivity index (χ0v) is 15.4. The zero-order chi connectivity index (χ0) is 21.1. The fraction of sp³-hybridized carbons (Fsp3) is 0.250. The summed E-state index contributed by atoms with van der Waals surface area (Å²) in [7, 11) is 1.46. The maximum atomic E-state index is 12.2. The van der Waals surface area contributed by atoms with E-state index in [1.165, 1.54) is 46.7 Å². The van der Waals surface area contributed by atoms with Crippen molar-refractivity contribution in [1.82, 2.24) is 19.1 Å². The summed E-state index contributed by atoms with van der Waals surface area (Å²) >= 11 is 0. The summed E-state index contributed by atoms with van der Waals surface area (Å²) in [5, 5.41) is 24.3. The molecule has 0 bridgehead atoms. The standard InChI is InChI=1S/C16H17N7O6/c1-9(24)8-22-12-13(21(2)16(26)19-14(12)25)18-15(22)20-17-7-3-4-10-5-6-11(29-10)23(27)28/h3-7,9,24H,8H2,1-2H3,(H,18,20)(H,19,25,26)/b4-3+,17-7+. The SMILES string of the molecule is CC(O)Cn1c(N/N=C/C=C/c2ccc([N+](=O)[O-])o2)nc2c1c(=O)[nH]c(=O)n2C. The molecule has 3 aromatic rings. The molecule has 13 heteroatoms. The van der Waals surface area contributed by atoms with Crippen LogP contribution in [0, 0.1) is 10.1 Å². The average Bonchev–Trinajstić information content (AvgIpc) is 3.25. The third kappa shape index (κ3) is 4.14. The van der Waals surface area contributed by atoms with Gasteiger partial charge in [-0.05, 0) is 25.1 Å². The van der Waals surface area contributed by atoms with Gasteiger partial charge in [-0.2, -0.15) is 10.1 Å². The van der Waals surface area contributed by atoms with Gasteiger partial charge in [0.15, 0.2) is 11.2 Å². The quantitative estimate of drug-likeness (QED) is 0.289. The van der Waals surface area contributed by atoms with E-state index in [-0.39, 0.29) is 35.3 Å². The molecule has 1 unspecified atom stereocenters. The van der Waals surface area contributed by atoms with Crippen molar-refractivity contribution in [3.05, 3.63) is 54.9 Å². The van der Waals surface area contributed by atoms with Crippen LogP contribution < -0.4 is 16.7 Å². The maximum absolute atomic E-state index is 12.2. The Labute approximate surface area is 161 Å². The van der Waals surface area contributed by atoms with Gasteiger partial charge in [-0.3, -0.25) is 24.5 Å². The number of aromatic amines is 1. The molecule has 1 atom stereocenters. The van der Waals surface area contributed by atoms with E-state index in [0.29, 0.717) is 0 Å². The summed E-state index contributed by atoms with van der Waals surface area (Å²) < 4.78 is 7.55. The molecule has 3 heterocycles. The number of rotatable bonds is 7. The lowest BCUT2D eigenvalue weighted by atomic mass is 10.4. The number of aliphatic hydroxyl groups is 1. The van der Waals surface area contributed by atoms with Gasteiger partial charge >= 0.3 is 11.6 Å². The number of hydrazone groups is 1. The number of fused-ring (bicyclic) bond motifs is 1. The monoisotopic (exact) mass is 403 g/mol. The molecule has 0 aliphatic heterocycles. The predicted molar refractivity (Wildman–Crippen MR) is 104 cm³/mol. The van der Waals surface area contributed by atoms with E-state index in [9.17, 15) is 24.8 Å². The van der Waals surface area contributed by atoms with E-state index >= 15 is 0 Å². The van der Waals surface area contributed by atoms with Crippen molar-refractivity contribution in [2.75, 3.05) is 5.43 Å². The molecule has 29 heavy (non-hydrogen) atoms. The molecule has 0 radical (unpaired) electrons. The minimum absolute atomic E-state index is 0.0432. The van der Waals surface area contributed by atoms with Gasteiger partial charge in [-0.15, -0.1) is 0 Å². The number of nitro groups is 1. The Kier molecular flexibility index (Phi) is 5.40. The number of anilines is 1. The van der Waals surface area contributed by atoms with E-state index in [0.717, 1.165) is 0 Å². The maximum Gasteiger partial charge on any atom is 0.433 e. The largest absolute Gasteiger partial charge is 0.433 e. The lowest BCUT2D eigenvalue weighted by Crippen LogP contribution is -2.29. The first-order valence-electron chi connectivity index (χ1n) is 8.35. The number of nitrogens with one attached hydrogen (secondary N) is 2. The molecular formula is C16H17N7O6. The molecule has 0 fully saturated rings. The number of allylic oxidation sites excluding steroid dienone is 1. The van der Waals surface area contributed by atoms with Crippen molar-refractivity contribution < 1.29 is 14.4 Å². The lowest BCUT2D eigenvalue weighted by molar-refractivity contribution is -0.402. The summed E-state index contributed by atoms with van der Waals surface area (Å²) in [5.41, 5.74) is 1.65. The van der Waals surface area contributed by atoms with E-state index in [4.69, 9.17) is 4.42 Å². The van der Waals surface area contributed by atoms with Gasteiger partial charge in [0, 0.05) is 13.3 Å². The molecule has 3 aromatic heterocycles. The summed E-state index contributed by atoms with van der Waals surface area (Å²) in [6.45, 7) is 1.59. The molecular weight excluding hydrogens is 386 g/mol. The number of hydrogen-bond donors (Lipinski definition) is 3. The zero-order valence-electron chi connectivity index (χ0n) is 15.4. The summed E-state index contributed by atoms with van der Waals surface area (Å²) in [4.78, 5) is 40.3. The fourth-order valence-corrected chi connectivity index (χ4v) is 2.57. The predicted octanol–water partition coefficient (Wildman–Crippen LogP) is 0.416. The van der Waals surface area contributed by atoms with Crippen LogP contribution in [-0.4, -0.2) is 41.5 Å². The second kappa shape index (κ2) is 7.93. The number of aromatic nitrogens is 4. The van der Waals surface area contributed by atoms with Crippen molar-refractivity contribution in [2.45, 2.75) is 19.6 Å². The van der Waals surface area contributed by atoms with Crippen molar-refractivity contribution in [3.63, 3.8) is 0 Å². The van der Waals surface area contributed by atoms with Crippen molar-refractivity contribution >= 4 is 35.3 Å². The minimum atomic E-state index is -0.789. The summed E-state index contributed by atoms with van der Waals surface area (Å²) in [5.74, 6) is 0.0410. The van der Waals surface area contributed by atoms with Crippen LogP contribution >= 0.6 is 0 Å². The second-order valence-electron chi connectivity index (χ2n) is 6.07. The molecule has 0 saturated heterocycles. The van der Waals surface area contributed by atoms with E-state index in [1.54, 1.807) is 6.92 Å². The molecule has 152 valence electrons. The Morgan fingerprint density at radius 2 is 2.24 bits per heavy atom. The van der Waals surface area contributed by atoms with E-state index in [2.05, 4.69) is 20.5 Å². The van der Waals surface area contributed by atoms with Crippen LogP contribution in [0.1, 0.15) is 12.7 Å². The van der Waals surface area contributed by atoms with Gasteiger partial charge in [-0.25, -0.2) is 10.2 Å². The van der Waals surface area contributed by atoms with Crippen molar-refractivity contribution in [3.8, 4) is 0 Å². The first-order valence-corrected chi connectivity index (χ1v) is 8.35. The van der Waals surface area contributed by atoms with Crippen LogP contribution in [0.5, 0.6) is 0 Å². The van der Waals surface area contributed by atoms with Gasteiger partial charge in [-0.1, -0.05) is 0 Å². The minimum Gasteiger partial charge on any atom is -0.401 e. The van der Waals surface area contributed by atoms with Crippen LogP contribution in [0.15, 0.2) is 37.3 Å². The number of furan rings is 1. The second-order valence-corrected chi connectivity index (χ2v) is 6.07. The van der Waals surface area contributed by atoms with Crippen LogP contribution in [0.25, 0.3) is 17.2 Å². The Bertz CT molecular complexity index is 1230. The Hall–Kier alpha value is -4.00. The van der Waals surface area contributed by atoms with Crippen LogP contribution in [-0.2, 0) is 13.6 Å². The Morgan fingerprint density at radius 3 is 2.90 bits per heavy atom. The molecule has 3 rings (SSSR count). The van der Waals surface area contributed by atoms with Gasteiger partial charge in [0.1, 0.15) is 10.7 Å². The molecule has 3 N–H and O–H groups in total. The van der Waals surface area contributed by atoms with Crippen LogP contribution in [0.2, 0.25) is 0 Å². The number of nitrogens with zero attached hydrogens (tertiary/aromatic N) is 5. The third-order valence-corrected chi connectivity index (χ3v) is 3.83. The van der Waals surface area contributed by atoms with Crippen LogP contribution in [0.3, 0.4) is 0 Å². The summed E-state index contributed by atoms with van der Waals surface area (Å²) in [6.07, 6.45) is 3.48. The molecule has 0 aliphatic carbocycles. The van der Waals surface area contributed by atoms with Crippen molar-refractivity contribution in [1.29, 1.82) is 0 Å². The highest BCUT2D eigenvalue weighted by Gasteiger charge is 2.18. The molecule has 0 aromatic carbocycles. The highest BCUT2D eigenvalue weighted by molar-refractivity contribution is 5.78. The van der Waals surface area contributed by atoms with E-state index in [1.807, 2.05) is 0 Å². The lowest BCUT2D eigenvalue weighted by Gasteiger charge is -2.09. The number of aliphatic hydroxyl groups excluding tert-OH is 1. The molecule has 13 nitrogen and oxygen atoms in total. The normalized spacial score (nSPS) is 12.9. The Balaban J connectivity index is 1.86. The summed E-state index contributed by atoms with van der Waals surface area (Å²) in [6, 6.07) is 2.67. The molecule has 0 saturated carbocycles. The molecule has 0 amide bonds. The fourth-order valence-electron chi connectivity index (χ4n) is 2.57. The highest BCUT2D eigenvalue weighted by atomic mass is 16.6. The Morgan fingerprint density at radius 1 is 1.48 bits per heavy atom. The number of H-pyrrole nitrogens is 1. The van der Waals surface area contributed by atoms with Gasteiger partial charge in [0.05, 0.1) is 18.7 Å². The first-order chi connectivity index (χ1) is 13.8. The number of aryl methyl sites for hydroxylation is 1. The first kappa shape index (κ1) is 19.8. The van der Waals surface area contributed by atoms with Crippen LogP contribution in [0.4, 0.5) is 11.8 Å². The third-order valence-electron chi connectivity index (χ3n) is 3.83.